The summed E-state index contributed by atoms with van der Waals surface area (Å²) in [4.78, 5) is 141. The molecule has 100 heavy (non-hydrogen) atoms. The van der Waals surface area contributed by atoms with Crippen LogP contribution in [-0.2, 0) is 99.5 Å². The number of hydrogen-bond donors (Lipinski definition) is 1. The summed E-state index contributed by atoms with van der Waals surface area (Å²) in [7, 11) is -1.92. The van der Waals surface area contributed by atoms with E-state index in [1.54, 1.807) is 79.7 Å². The van der Waals surface area contributed by atoms with E-state index in [9.17, 15) is 33.6 Å². The van der Waals surface area contributed by atoms with Gasteiger partial charge < -0.3 is 76.1 Å². The predicted molar refractivity (Wildman–Crippen MR) is 360 cm³/mol. The molecule has 3 saturated heterocycles. The molecule has 16 atom stereocenters. The quantitative estimate of drug-likeness (QED) is 0.0289. The van der Waals surface area contributed by atoms with E-state index < -0.39 is 184 Å². The Balaban J connectivity index is 1.56. The topological polar surface area (TPSA) is 321 Å². The van der Waals surface area contributed by atoms with Crippen molar-refractivity contribution in [3.63, 3.8) is 0 Å². The Morgan fingerprint density at radius 1 is 0.560 bits per heavy atom. The fourth-order valence-electron chi connectivity index (χ4n) is 13.1. The van der Waals surface area contributed by atoms with E-state index in [1.165, 1.54) is 60.3 Å². The normalized spacial score (nSPS) is 25.8. The lowest BCUT2D eigenvalue weighted by Crippen LogP contribution is -2.72. The maximum Gasteiger partial charge on any atom is 0.366 e. The highest BCUT2D eigenvalue weighted by atomic mass is 32.2. The highest BCUT2D eigenvalue weighted by molar-refractivity contribution is 7.99. The van der Waals surface area contributed by atoms with Gasteiger partial charge in [-0.25, -0.2) is 24.0 Å². The summed E-state index contributed by atoms with van der Waals surface area (Å²) in [6.07, 6.45) is -23.3. The SMILES string of the molecule is CCS[C@@H]1OC(CO[Si](C(C)C)(C(C)C)C(C)C)[C@@H](O[C@@H]2OC(COC(=O)c3ccccc3)[C@H](OC(=O)c3ccccc3)[C@H](O[C@]3(C(=O)OC)C[C@@H](OC(C)=O)[C@@H](NC(C)=O)C([C@H](OC(C)=O)[C@@H](COC(C)=O)OC(C)=O)O3)C2OC(=O)c2ccccc2)[C@H](OC(=O)c2ccccc2)C1C. The molecule has 0 aliphatic carbocycles. The van der Waals surface area contributed by atoms with Gasteiger partial charge in [0.1, 0.15) is 61.4 Å². The van der Waals surface area contributed by atoms with Gasteiger partial charge in [-0.15, -0.1) is 11.8 Å². The Morgan fingerprint density at radius 2 is 1.04 bits per heavy atom. The summed E-state index contributed by atoms with van der Waals surface area (Å²) in [5, 5.41) is 2.63. The fraction of sp³-hybridized carbons (Fsp3) is 0.528. The average molecular weight is 1430 g/mol. The Labute approximate surface area is 587 Å². The number of carbonyl (C=O) groups is 10. The zero-order valence-electron chi connectivity index (χ0n) is 58.6. The maximum atomic E-state index is 15.6. The van der Waals surface area contributed by atoms with E-state index in [4.69, 9.17) is 70.7 Å². The van der Waals surface area contributed by atoms with Crippen LogP contribution >= 0.6 is 11.8 Å². The molecule has 4 aromatic rings. The minimum Gasteiger partial charge on any atom is -0.465 e. The largest absolute Gasteiger partial charge is 0.465 e. The van der Waals surface area contributed by atoms with Gasteiger partial charge in [-0.1, -0.05) is 128 Å². The van der Waals surface area contributed by atoms with E-state index in [2.05, 4.69) is 46.9 Å². The van der Waals surface area contributed by atoms with Crippen LogP contribution in [0.3, 0.4) is 0 Å². The molecule has 0 saturated carbocycles. The summed E-state index contributed by atoms with van der Waals surface area (Å²) in [5.74, 6) is -13.6. The molecule has 0 spiro atoms. The molecule has 0 bridgehead atoms. The molecule has 3 aliphatic rings. The van der Waals surface area contributed by atoms with Crippen molar-refractivity contribution >= 4 is 79.7 Å². The van der Waals surface area contributed by atoms with Crippen molar-refractivity contribution in [3.8, 4) is 0 Å². The van der Waals surface area contributed by atoms with Crippen LogP contribution in [0.15, 0.2) is 121 Å². The van der Waals surface area contributed by atoms with E-state index in [0.29, 0.717) is 5.75 Å². The van der Waals surface area contributed by atoms with Gasteiger partial charge in [0, 0.05) is 40.5 Å². The van der Waals surface area contributed by atoms with Crippen molar-refractivity contribution in [2.75, 3.05) is 32.7 Å². The number of ether oxygens (including phenoxy) is 14. The van der Waals surface area contributed by atoms with Gasteiger partial charge in [-0.05, 0) is 70.9 Å². The van der Waals surface area contributed by atoms with Crippen molar-refractivity contribution in [2.24, 2.45) is 5.92 Å². The van der Waals surface area contributed by atoms with E-state index in [-0.39, 0.29) is 45.5 Å². The third-order valence-corrected chi connectivity index (χ3v) is 24.6. The minimum absolute atomic E-state index is 0.0431. The molecule has 3 aliphatic heterocycles. The molecule has 1 N–H and O–H groups in total. The number of amides is 1. The zero-order chi connectivity index (χ0) is 73.2. The van der Waals surface area contributed by atoms with E-state index in [1.807, 2.05) is 6.92 Å². The lowest BCUT2D eigenvalue weighted by atomic mass is 9.87. The van der Waals surface area contributed by atoms with E-state index >= 15 is 14.4 Å². The molecular formula is C72H91NO25SSi. The van der Waals surface area contributed by atoms with Crippen molar-refractivity contribution in [3.05, 3.63) is 144 Å². The minimum atomic E-state index is -3.17. The number of carbonyl (C=O) groups excluding carboxylic acids is 10. The molecule has 7 rings (SSSR count). The Hall–Kier alpha value is -8.09. The monoisotopic (exact) mass is 1430 g/mol. The van der Waals surface area contributed by atoms with Gasteiger partial charge in [0.25, 0.3) is 5.79 Å². The van der Waals surface area contributed by atoms with Crippen molar-refractivity contribution < 1.29 is 119 Å². The molecule has 0 aromatic heterocycles. The summed E-state index contributed by atoms with van der Waals surface area (Å²) in [6.45, 7) is 19.5. The number of methoxy groups -OCH3 is 1. The summed E-state index contributed by atoms with van der Waals surface area (Å²) < 4.78 is 97.1. The first-order valence-electron chi connectivity index (χ1n) is 33.1. The summed E-state index contributed by atoms with van der Waals surface area (Å²) >= 11 is 1.44. The van der Waals surface area contributed by atoms with E-state index in [0.717, 1.165) is 41.7 Å². The lowest BCUT2D eigenvalue weighted by Gasteiger charge is -2.52. The number of thioether (sulfide) groups is 1. The van der Waals surface area contributed by atoms with Crippen LogP contribution in [0.1, 0.15) is 138 Å². The van der Waals surface area contributed by atoms with Gasteiger partial charge in [-0.2, -0.15) is 0 Å². The van der Waals surface area contributed by atoms with Gasteiger partial charge >= 0.3 is 53.7 Å². The predicted octanol–water partition coefficient (Wildman–Crippen LogP) is 8.84. The van der Waals surface area contributed by atoms with Crippen LogP contribution in [0.2, 0.25) is 16.6 Å². The lowest BCUT2D eigenvalue weighted by molar-refractivity contribution is -0.378. The standard InChI is InChI=1S/C72H91NO25SSi/c1-15-99-70-43(8)58(93-66(80)50-30-22-17-23-31-50)59(56(92-70)39-87-100(40(2)3,41(4)5)42(6)7)96-69-64(95-68(82)52-34-26-19-27-35-52)63(61(94-67(81)51-32-24-18-25-33-51)55(91-69)38-86-65(79)49-28-20-16-21-29-49)98-72(71(83)84-14)36-53(88-46(11)76)57(73-44(9)74)62(97-72)60(90-48(13)78)54(89-47(12)77)37-85-45(10)75/h16-35,40-43,53-64,69-70H,15,36-39H2,1-14H3,(H,73,74)/t43?,53-,54-,55?,56?,57-,58-,59-,60-,61+,62?,63+,64?,69+,70+,72+/m1/s1. The molecular weight excluding hydrogens is 1340 g/mol. The van der Waals surface area contributed by atoms with Crippen LogP contribution in [0.25, 0.3) is 0 Å². The first-order chi connectivity index (χ1) is 47.5. The number of nitrogens with one attached hydrogen (secondary N) is 1. The van der Waals surface area contributed by atoms with Gasteiger partial charge in [0.05, 0.1) is 48.4 Å². The van der Waals surface area contributed by atoms with Crippen LogP contribution in [0.4, 0.5) is 0 Å². The third-order valence-electron chi connectivity index (χ3n) is 17.3. The third kappa shape index (κ3) is 20.1. The molecule has 26 nitrogen and oxygen atoms in total. The molecule has 3 fully saturated rings. The Morgan fingerprint density at radius 3 is 1.49 bits per heavy atom. The van der Waals surface area contributed by atoms with Gasteiger partial charge in [-0.3, -0.25) is 24.0 Å². The highest BCUT2D eigenvalue weighted by Gasteiger charge is 2.64. The molecule has 28 heteroatoms. The van der Waals surface area contributed by atoms with Crippen molar-refractivity contribution in [2.45, 2.75) is 204 Å². The second-order valence-corrected chi connectivity index (χ2v) is 32.1. The fourth-order valence-corrected chi connectivity index (χ4v) is 19.6. The maximum absolute atomic E-state index is 15.6. The van der Waals surface area contributed by atoms with Crippen molar-refractivity contribution in [1.29, 1.82) is 0 Å². The molecule has 0 radical (unpaired) electrons. The molecule has 1 amide bonds. The van der Waals surface area contributed by atoms with Gasteiger partial charge in [0.2, 0.25) is 5.91 Å². The first kappa shape index (κ1) is 79.2. The highest BCUT2D eigenvalue weighted by Crippen LogP contribution is 2.46. The average Bonchev–Trinajstić information content (AvgIpc) is 0.742. The van der Waals surface area contributed by atoms with Crippen LogP contribution < -0.4 is 5.32 Å². The Bertz CT molecular complexity index is 3400. The number of esters is 9. The van der Waals surface area contributed by atoms with Crippen LogP contribution in [0.5, 0.6) is 0 Å². The zero-order valence-corrected chi connectivity index (χ0v) is 60.4. The number of hydrogen-bond acceptors (Lipinski definition) is 26. The smallest absolute Gasteiger partial charge is 0.366 e. The Kier molecular flexibility index (Phi) is 28.9. The second kappa shape index (κ2) is 36.5. The summed E-state index contributed by atoms with van der Waals surface area (Å²) in [6, 6.07) is 29.4. The second-order valence-electron chi connectivity index (χ2n) is 25.3. The number of benzene rings is 4. The molecule has 5 unspecified atom stereocenters. The van der Waals surface area contributed by atoms with Crippen LogP contribution in [-0.4, -0.2) is 191 Å². The van der Waals surface area contributed by atoms with Crippen LogP contribution in [0, 0.1) is 5.92 Å². The number of rotatable bonds is 30. The van der Waals surface area contributed by atoms with Gasteiger partial charge in [0.15, 0.2) is 39.0 Å². The molecule has 544 valence electrons. The first-order valence-corrected chi connectivity index (χ1v) is 36.3. The van der Waals surface area contributed by atoms with Crippen molar-refractivity contribution in [1.82, 2.24) is 5.32 Å². The molecule has 3 heterocycles. The molecule has 4 aromatic carbocycles. The summed E-state index contributed by atoms with van der Waals surface area (Å²) in [5.41, 5.74) is -0.471.